The van der Waals surface area contributed by atoms with Gasteiger partial charge in [-0.25, -0.2) is 9.78 Å². The molecule has 0 aliphatic heterocycles. The molecule has 3 aromatic heterocycles. The summed E-state index contributed by atoms with van der Waals surface area (Å²) in [4.78, 5) is 33.3. The molecule has 130 valence electrons. The summed E-state index contributed by atoms with van der Waals surface area (Å²) in [7, 11) is 1.69. The first kappa shape index (κ1) is 16.2. The predicted molar refractivity (Wildman–Crippen MR) is 101 cm³/mol. The molecule has 3 heterocycles. The number of benzene rings is 1. The lowest BCUT2D eigenvalue weighted by molar-refractivity contribution is -0.116. The van der Waals surface area contributed by atoms with Crippen LogP contribution in [0.1, 0.15) is 0 Å². The number of rotatable bonds is 4. The molecule has 0 unspecified atom stereocenters. The molecule has 0 saturated carbocycles. The molecule has 26 heavy (non-hydrogen) atoms. The smallest absolute Gasteiger partial charge is 0.300 e. The Morgan fingerprint density at radius 3 is 2.77 bits per heavy atom. The standard InChI is InChI=1S/C18H15N5O2S/c1-22-14-6-2-3-7-15(14)23(18(22)25)10-16(24)21-17-20-13(11-26-17)12-5-4-8-19-9-12/h2-9,11H,10H2,1H3,(H,20,21,24). The molecule has 0 radical (unpaired) electrons. The monoisotopic (exact) mass is 365 g/mol. The third-order valence-electron chi connectivity index (χ3n) is 4.06. The predicted octanol–water partition coefficient (Wildman–Crippen LogP) is 2.50. The Hall–Kier alpha value is -3.26. The van der Waals surface area contributed by atoms with Crippen LogP contribution in [0.4, 0.5) is 5.13 Å². The summed E-state index contributed by atoms with van der Waals surface area (Å²) in [6.45, 7) is -0.0675. The number of para-hydroxylation sites is 2. The molecule has 7 nitrogen and oxygen atoms in total. The number of pyridine rings is 1. The van der Waals surface area contributed by atoms with E-state index in [-0.39, 0.29) is 18.1 Å². The van der Waals surface area contributed by atoms with Crippen LogP contribution in [0.2, 0.25) is 0 Å². The normalized spacial score (nSPS) is 11.0. The van der Waals surface area contributed by atoms with Gasteiger partial charge in [0.1, 0.15) is 6.54 Å². The van der Waals surface area contributed by atoms with E-state index >= 15 is 0 Å². The van der Waals surface area contributed by atoms with E-state index in [1.807, 2.05) is 41.8 Å². The fraction of sp³-hybridized carbons (Fsp3) is 0.111. The van der Waals surface area contributed by atoms with Crippen LogP contribution in [-0.4, -0.2) is 25.0 Å². The first-order valence-corrected chi connectivity index (χ1v) is 8.81. The highest BCUT2D eigenvalue weighted by atomic mass is 32.1. The molecule has 8 heteroatoms. The van der Waals surface area contributed by atoms with Crippen molar-refractivity contribution < 1.29 is 4.79 Å². The minimum Gasteiger partial charge on any atom is -0.300 e. The van der Waals surface area contributed by atoms with Gasteiger partial charge in [-0.3, -0.25) is 18.9 Å². The first-order valence-electron chi connectivity index (χ1n) is 7.93. The van der Waals surface area contributed by atoms with Crippen LogP contribution in [0.5, 0.6) is 0 Å². The number of imidazole rings is 1. The lowest BCUT2D eigenvalue weighted by Gasteiger charge is -2.03. The zero-order valence-corrected chi connectivity index (χ0v) is 14.7. The Bertz CT molecular complexity index is 1140. The van der Waals surface area contributed by atoms with Crippen molar-refractivity contribution in [1.82, 2.24) is 19.1 Å². The van der Waals surface area contributed by atoms with Crippen molar-refractivity contribution in [3.8, 4) is 11.3 Å². The minimum absolute atomic E-state index is 0.0675. The number of carbonyl (C=O) groups is 1. The number of amides is 1. The fourth-order valence-electron chi connectivity index (χ4n) is 2.80. The van der Waals surface area contributed by atoms with Crippen molar-refractivity contribution >= 4 is 33.4 Å². The number of hydrogen-bond donors (Lipinski definition) is 1. The van der Waals surface area contributed by atoms with Crippen LogP contribution in [0.15, 0.2) is 59.0 Å². The lowest BCUT2D eigenvalue weighted by Crippen LogP contribution is -2.28. The molecule has 1 N–H and O–H groups in total. The average molecular weight is 365 g/mol. The van der Waals surface area contributed by atoms with E-state index in [1.54, 1.807) is 19.4 Å². The Balaban J connectivity index is 1.55. The molecular formula is C18H15N5O2S. The van der Waals surface area contributed by atoms with Crippen molar-refractivity contribution in [2.45, 2.75) is 6.54 Å². The summed E-state index contributed by atoms with van der Waals surface area (Å²) in [5.74, 6) is -0.296. The second-order valence-corrected chi connectivity index (χ2v) is 6.60. The number of fused-ring (bicyclic) bond motifs is 1. The Morgan fingerprint density at radius 2 is 2.00 bits per heavy atom. The van der Waals surface area contributed by atoms with E-state index in [1.165, 1.54) is 20.5 Å². The quantitative estimate of drug-likeness (QED) is 0.602. The van der Waals surface area contributed by atoms with Crippen LogP contribution in [0, 0.1) is 0 Å². The Morgan fingerprint density at radius 1 is 1.19 bits per heavy atom. The number of aryl methyl sites for hydroxylation is 1. The lowest BCUT2D eigenvalue weighted by atomic mass is 10.2. The van der Waals surface area contributed by atoms with Crippen molar-refractivity contribution in [3.05, 3.63) is 64.7 Å². The zero-order valence-electron chi connectivity index (χ0n) is 13.9. The van der Waals surface area contributed by atoms with Crippen LogP contribution in [-0.2, 0) is 18.4 Å². The maximum Gasteiger partial charge on any atom is 0.329 e. The molecular weight excluding hydrogens is 350 g/mol. The van der Waals surface area contributed by atoms with Crippen molar-refractivity contribution in [2.75, 3.05) is 5.32 Å². The maximum absolute atomic E-state index is 12.4. The van der Waals surface area contributed by atoms with Crippen LogP contribution >= 0.6 is 11.3 Å². The summed E-state index contributed by atoms with van der Waals surface area (Å²) < 4.78 is 2.99. The number of nitrogens with one attached hydrogen (secondary N) is 1. The van der Waals surface area contributed by atoms with Crippen molar-refractivity contribution in [3.63, 3.8) is 0 Å². The molecule has 0 bridgehead atoms. The molecule has 0 atom stereocenters. The number of carbonyl (C=O) groups excluding carboxylic acids is 1. The van der Waals surface area contributed by atoms with Gasteiger partial charge in [0.05, 0.1) is 16.7 Å². The molecule has 4 rings (SSSR count). The summed E-state index contributed by atoms with van der Waals surface area (Å²) >= 11 is 1.33. The average Bonchev–Trinajstić information content (AvgIpc) is 3.22. The van der Waals surface area contributed by atoms with E-state index < -0.39 is 0 Å². The summed E-state index contributed by atoms with van der Waals surface area (Å²) in [5.41, 5.74) is 2.93. The zero-order chi connectivity index (χ0) is 18.1. The summed E-state index contributed by atoms with van der Waals surface area (Å²) in [6, 6.07) is 11.1. The molecule has 4 aromatic rings. The van der Waals surface area contributed by atoms with E-state index in [0.717, 1.165) is 22.3 Å². The van der Waals surface area contributed by atoms with E-state index in [4.69, 9.17) is 0 Å². The molecule has 1 aromatic carbocycles. The third kappa shape index (κ3) is 2.91. The van der Waals surface area contributed by atoms with Gasteiger partial charge in [-0.15, -0.1) is 11.3 Å². The fourth-order valence-corrected chi connectivity index (χ4v) is 3.53. The van der Waals surface area contributed by atoms with E-state index in [9.17, 15) is 9.59 Å². The molecule has 0 aliphatic carbocycles. The van der Waals surface area contributed by atoms with Gasteiger partial charge in [-0.2, -0.15) is 0 Å². The third-order valence-corrected chi connectivity index (χ3v) is 4.82. The largest absolute Gasteiger partial charge is 0.329 e. The molecule has 0 aliphatic rings. The number of anilines is 1. The number of hydrogen-bond acceptors (Lipinski definition) is 5. The van der Waals surface area contributed by atoms with Crippen LogP contribution in [0.25, 0.3) is 22.3 Å². The van der Waals surface area contributed by atoms with E-state index in [0.29, 0.717) is 5.13 Å². The van der Waals surface area contributed by atoms with Gasteiger partial charge < -0.3 is 5.32 Å². The SMILES string of the molecule is Cn1c(=O)n(CC(=O)Nc2nc(-c3cccnc3)cs2)c2ccccc21. The van der Waals surface area contributed by atoms with Crippen LogP contribution in [0.3, 0.4) is 0 Å². The molecule has 0 fully saturated rings. The molecule has 1 amide bonds. The van der Waals surface area contributed by atoms with Gasteiger partial charge >= 0.3 is 5.69 Å². The van der Waals surface area contributed by atoms with E-state index in [2.05, 4.69) is 15.3 Å². The Labute approximate surface area is 152 Å². The minimum atomic E-state index is -0.296. The number of nitrogens with zero attached hydrogens (tertiary/aromatic N) is 4. The Kier molecular flexibility index (Phi) is 4.10. The van der Waals surface area contributed by atoms with Crippen LogP contribution < -0.4 is 11.0 Å². The van der Waals surface area contributed by atoms with Crippen molar-refractivity contribution in [2.24, 2.45) is 7.05 Å². The highest BCUT2D eigenvalue weighted by molar-refractivity contribution is 7.14. The summed E-state index contributed by atoms with van der Waals surface area (Å²) in [6.07, 6.45) is 3.41. The highest BCUT2D eigenvalue weighted by Gasteiger charge is 2.14. The van der Waals surface area contributed by atoms with Gasteiger partial charge in [-0.1, -0.05) is 12.1 Å². The van der Waals surface area contributed by atoms with Crippen molar-refractivity contribution in [1.29, 1.82) is 0 Å². The van der Waals surface area contributed by atoms with Gasteiger partial charge in [0, 0.05) is 30.4 Å². The van der Waals surface area contributed by atoms with Gasteiger partial charge in [0.25, 0.3) is 0 Å². The van der Waals surface area contributed by atoms with Gasteiger partial charge in [-0.05, 0) is 24.3 Å². The summed E-state index contributed by atoms with van der Waals surface area (Å²) in [5, 5.41) is 5.11. The molecule has 0 saturated heterocycles. The maximum atomic E-state index is 12.4. The highest BCUT2D eigenvalue weighted by Crippen LogP contribution is 2.24. The topological polar surface area (TPSA) is 81.8 Å². The second-order valence-electron chi connectivity index (χ2n) is 5.74. The second kappa shape index (κ2) is 6.57. The molecule has 0 spiro atoms. The number of thiazole rings is 1. The first-order chi connectivity index (χ1) is 12.6. The van der Waals surface area contributed by atoms with Gasteiger partial charge in [0.2, 0.25) is 5.91 Å². The van der Waals surface area contributed by atoms with Gasteiger partial charge in [0.15, 0.2) is 5.13 Å². The number of aromatic nitrogens is 4.